The predicted octanol–water partition coefficient (Wildman–Crippen LogP) is 4.58. The quantitative estimate of drug-likeness (QED) is 0.479. The van der Waals surface area contributed by atoms with Crippen molar-refractivity contribution < 1.29 is 22.0 Å². The third kappa shape index (κ3) is 5.43. The summed E-state index contributed by atoms with van der Waals surface area (Å²) in [4.78, 5) is 16.9. The summed E-state index contributed by atoms with van der Waals surface area (Å²) in [5.41, 5.74) is 1.47. The van der Waals surface area contributed by atoms with Crippen molar-refractivity contribution in [3.8, 4) is 0 Å². The Morgan fingerprint density at radius 1 is 1.06 bits per heavy atom. The first kappa shape index (κ1) is 24.1. The van der Waals surface area contributed by atoms with Crippen molar-refractivity contribution in [2.45, 2.75) is 30.7 Å². The molecule has 3 rings (SSSR count). The molecule has 0 atom stereocenters. The van der Waals surface area contributed by atoms with Crippen LogP contribution in [0.25, 0.3) is 10.9 Å². The minimum Gasteiger partial charge on any atom is -0.325 e. The van der Waals surface area contributed by atoms with E-state index in [1.165, 1.54) is 22.1 Å². The highest BCUT2D eigenvalue weighted by Gasteiger charge is 2.22. The van der Waals surface area contributed by atoms with E-state index < -0.39 is 27.6 Å². The van der Waals surface area contributed by atoms with Crippen molar-refractivity contribution in [3.63, 3.8) is 0 Å². The van der Waals surface area contributed by atoms with Gasteiger partial charge in [-0.3, -0.25) is 4.79 Å². The molecule has 10 heteroatoms. The molecule has 0 unspecified atom stereocenters. The fourth-order valence-corrected chi connectivity index (χ4v) is 5.51. The smallest absolute Gasteiger partial charge is 0.243 e. The summed E-state index contributed by atoms with van der Waals surface area (Å²) in [6, 6.07) is 9.37. The minimum atomic E-state index is -3.58. The maximum atomic E-state index is 13.3. The van der Waals surface area contributed by atoms with E-state index in [4.69, 9.17) is 0 Å². The summed E-state index contributed by atoms with van der Waals surface area (Å²) in [7, 11) is -3.58. The molecule has 0 aliphatic rings. The molecule has 0 fully saturated rings. The second-order valence-electron chi connectivity index (χ2n) is 7.04. The van der Waals surface area contributed by atoms with Gasteiger partial charge in [0.1, 0.15) is 11.6 Å². The zero-order valence-corrected chi connectivity index (χ0v) is 19.5. The molecule has 0 radical (unpaired) electrons. The lowest BCUT2D eigenvalue weighted by molar-refractivity contribution is -0.113. The normalized spacial score (nSPS) is 11.8. The summed E-state index contributed by atoms with van der Waals surface area (Å²) in [6.07, 6.45) is 0. The number of rotatable bonds is 8. The van der Waals surface area contributed by atoms with Crippen LogP contribution in [-0.2, 0) is 14.8 Å². The maximum Gasteiger partial charge on any atom is 0.243 e. The summed E-state index contributed by atoms with van der Waals surface area (Å²) >= 11 is 1.17. The third-order valence-corrected chi connectivity index (χ3v) is 7.76. The molecule has 0 saturated carbocycles. The Labute approximate surface area is 190 Å². The number of sulfonamides is 1. The molecule has 0 bridgehead atoms. The van der Waals surface area contributed by atoms with Gasteiger partial charge in [0, 0.05) is 30.2 Å². The predicted molar refractivity (Wildman–Crippen MR) is 122 cm³/mol. The molecular formula is C22H23F2N3O3S2. The van der Waals surface area contributed by atoms with Gasteiger partial charge in [0.15, 0.2) is 0 Å². The fourth-order valence-electron chi connectivity index (χ4n) is 3.25. The van der Waals surface area contributed by atoms with Gasteiger partial charge in [-0.05, 0) is 48.9 Å². The first-order valence-corrected chi connectivity index (χ1v) is 12.4. The molecule has 6 nitrogen and oxygen atoms in total. The van der Waals surface area contributed by atoms with Crippen molar-refractivity contribution in [1.29, 1.82) is 0 Å². The number of halogens is 2. The number of thioether (sulfide) groups is 1. The number of carbonyl (C=O) groups excluding carboxylic acids is 1. The van der Waals surface area contributed by atoms with Crippen LogP contribution < -0.4 is 5.32 Å². The van der Waals surface area contributed by atoms with Crippen LogP contribution in [0.2, 0.25) is 0 Å². The lowest BCUT2D eigenvalue weighted by Gasteiger charge is -2.19. The van der Waals surface area contributed by atoms with E-state index >= 15 is 0 Å². The lowest BCUT2D eigenvalue weighted by Crippen LogP contribution is -2.30. The van der Waals surface area contributed by atoms with Crippen molar-refractivity contribution in [1.82, 2.24) is 9.29 Å². The van der Waals surface area contributed by atoms with Crippen LogP contribution >= 0.6 is 11.8 Å². The van der Waals surface area contributed by atoms with Crippen LogP contribution in [-0.4, -0.2) is 42.5 Å². The number of hydrogen-bond acceptors (Lipinski definition) is 5. The molecule has 1 heterocycles. The van der Waals surface area contributed by atoms with E-state index in [1.807, 2.05) is 6.92 Å². The Morgan fingerprint density at radius 3 is 2.34 bits per heavy atom. The highest BCUT2D eigenvalue weighted by atomic mass is 32.2. The van der Waals surface area contributed by atoms with Gasteiger partial charge in [0.05, 0.1) is 21.2 Å². The van der Waals surface area contributed by atoms with Crippen molar-refractivity contribution in [2.24, 2.45) is 0 Å². The number of hydrogen-bond donors (Lipinski definition) is 1. The summed E-state index contributed by atoms with van der Waals surface area (Å²) < 4.78 is 53.5. The topological polar surface area (TPSA) is 79.4 Å². The maximum absolute atomic E-state index is 13.3. The van der Waals surface area contributed by atoms with Gasteiger partial charge >= 0.3 is 0 Å². The molecule has 1 aromatic heterocycles. The first-order chi connectivity index (χ1) is 15.1. The molecule has 1 N–H and O–H groups in total. The SMILES string of the molecule is CCN(CC)S(=O)(=O)c1ccc2nc(SCC(=O)Nc3cc(F)cc(F)c3)cc(C)c2c1. The Hall–Kier alpha value is -2.56. The number of fused-ring (bicyclic) bond motifs is 1. The van der Waals surface area contributed by atoms with Gasteiger partial charge in [0.25, 0.3) is 0 Å². The Bertz CT molecular complexity index is 1240. The summed E-state index contributed by atoms with van der Waals surface area (Å²) in [5, 5.41) is 3.74. The Kier molecular flexibility index (Phi) is 7.47. The van der Waals surface area contributed by atoms with Gasteiger partial charge < -0.3 is 5.32 Å². The monoisotopic (exact) mass is 479 g/mol. The highest BCUT2D eigenvalue weighted by molar-refractivity contribution is 7.99. The van der Waals surface area contributed by atoms with E-state index in [9.17, 15) is 22.0 Å². The van der Waals surface area contributed by atoms with Crippen LogP contribution in [0.5, 0.6) is 0 Å². The Morgan fingerprint density at radius 2 is 1.72 bits per heavy atom. The van der Waals surface area contributed by atoms with Crippen molar-refractivity contribution in [3.05, 3.63) is 59.7 Å². The molecule has 0 saturated heterocycles. The number of aromatic nitrogens is 1. The molecule has 32 heavy (non-hydrogen) atoms. The number of amides is 1. The van der Waals surface area contributed by atoms with Crippen LogP contribution in [0.3, 0.4) is 0 Å². The molecule has 0 aliphatic heterocycles. The number of benzene rings is 2. The van der Waals surface area contributed by atoms with E-state index in [-0.39, 0.29) is 16.3 Å². The molecule has 3 aromatic rings. The average Bonchev–Trinajstić information content (AvgIpc) is 2.72. The fraction of sp³-hybridized carbons (Fsp3) is 0.273. The average molecular weight is 480 g/mol. The molecule has 0 aliphatic carbocycles. The van der Waals surface area contributed by atoms with Crippen LogP contribution in [0.1, 0.15) is 19.4 Å². The minimum absolute atomic E-state index is 0.00942. The van der Waals surface area contributed by atoms with Gasteiger partial charge in [-0.2, -0.15) is 4.31 Å². The van der Waals surface area contributed by atoms with Crippen LogP contribution in [0, 0.1) is 18.6 Å². The van der Waals surface area contributed by atoms with E-state index in [0.717, 1.165) is 23.8 Å². The zero-order valence-electron chi connectivity index (χ0n) is 17.9. The molecule has 1 amide bonds. The number of aryl methyl sites for hydroxylation is 1. The van der Waals surface area contributed by atoms with Crippen molar-refractivity contribution in [2.75, 3.05) is 24.2 Å². The Balaban J connectivity index is 1.77. The standard InChI is InChI=1S/C22H23F2N3O3S2/c1-4-27(5-2)32(29,30)18-6-7-20-19(12-18)14(3)8-22(26-20)31-13-21(28)25-17-10-15(23)9-16(24)11-17/h6-12H,4-5,13H2,1-3H3,(H,25,28). The third-order valence-electron chi connectivity index (χ3n) is 4.80. The molecule has 2 aromatic carbocycles. The highest BCUT2D eigenvalue weighted by Crippen LogP contribution is 2.27. The number of nitrogens with one attached hydrogen (secondary N) is 1. The second kappa shape index (κ2) is 9.93. The summed E-state index contributed by atoms with van der Waals surface area (Å²) in [5.74, 6) is -1.99. The zero-order chi connectivity index (χ0) is 23.5. The number of anilines is 1. The van der Waals surface area contributed by atoms with Gasteiger partial charge in [0.2, 0.25) is 15.9 Å². The van der Waals surface area contributed by atoms with Crippen molar-refractivity contribution >= 4 is 44.3 Å². The van der Waals surface area contributed by atoms with Crippen LogP contribution in [0.4, 0.5) is 14.5 Å². The lowest BCUT2D eigenvalue weighted by atomic mass is 10.1. The molecular weight excluding hydrogens is 456 g/mol. The number of pyridine rings is 1. The first-order valence-electron chi connectivity index (χ1n) is 9.94. The second-order valence-corrected chi connectivity index (χ2v) is 9.97. The largest absolute Gasteiger partial charge is 0.325 e. The van der Waals surface area contributed by atoms with Gasteiger partial charge in [-0.25, -0.2) is 22.2 Å². The van der Waals surface area contributed by atoms with E-state index in [0.29, 0.717) is 29.0 Å². The van der Waals surface area contributed by atoms with E-state index in [1.54, 1.807) is 32.0 Å². The molecule has 0 spiro atoms. The van der Waals surface area contributed by atoms with Crippen LogP contribution in [0.15, 0.2) is 52.4 Å². The number of carbonyl (C=O) groups is 1. The number of nitrogens with zero attached hydrogens (tertiary/aromatic N) is 2. The van der Waals surface area contributed by atoms with E-state index in [2.05, 4.69) is 10.3 Å². The summed E-state index contributed by atoms with van der Waals surface area (Å²) in [6.45, 7) is 6.19. The molecule has 170 valence electrons. The van der Waals surface area contributed by atoms with Gasteiger partial charge in [-0.15, -0.1) is 0 Å². The van der Waals surface area contributed by atoms with Gasteiger partial charge in [-0.1, -0.05) is 25.6 Å².